The van der Waals surface area contributed by atoms with Gasteiger partial charge in [0.1, 0.15) is 16.4 Å². The van der Waals surface area contributed by atoms with Crippen LogP contribution in [-0.2, 0) is 0 Å². The Kier molecular flexibility index (Phi) is 5.68. The van der Waals surface area contributed by atoms with Crippen LogP contribution in [0.3, 0.4) is 0 Å². The lowest BCUT2D eigenvalue weighted by Gasteiger charge is -2.12. The zero-order valence-corrected chi connectivity index (χ0v) is 13.6. The molecular formula is C14H14N4O5S. The molecule has 0 saturated carbocycles. The molecule has 0 fully saturated rings. The molecule has 24 heavy (non-hydrogen) atoms. The minimum absolute atomic E-state index is 0.204. The SMILES string of the molecule is COc1ccc(NC(=S)N/N=C/c2ccc([N+](=O)[O-])o2)c(OC)c1. The van der Waals surface area contributed by atoms with Crippen molar-refractivity contribution < 1.29 is 18.8 Å². The van der Waals surface area contributed by atoms with Crippen LogP contribution in [0.5, 0.6) is 11.5 Å². The van der Waals surface area contributed by atoms with Crippen LogP contribution in [0.15, 0.2) is 39.9 Å². The Morgan fingerprint density at radius 2 is 2.12 bits per heavy atom. The zero-order chi connectivity index (χ0) is 17.5. The second kappa shape index (κ2) is 7.92. The Hall–Kier alpha value is -3.14. The zero-order valence-electron chi connectivity index (χ0n) is 12.8. The summed E-state index contributed by atoms with van der Waals surface area (Å²) in [7, 11) is 3.08. The summed E-state index contributed by atoms with van der Waals surface area (Å²) in [6.45, 7) is 0. The summed E-state index contributed by atoms with van der Waals surface area (Å²) < 4.78 is 15.3. The van der Waals surface area contributed by atoms with Gasteiger partial charge in [-0.3, -0.25) is 15.5 Å². The number of hydrazone groups is 1. The quantitative estimate of drug-likeness (QED) is 0.354. The molecule has 9 nitrogen and oxygen atoms in total. The van der Waals surface area contributed by atoms with Crippen LogP contribution in [0.25, 0.3) is 0 Å². The summed E-state index contributed by atoms with van der Waals surface area (Å²) in [5.41, 5.74) is 3.20. The standard InChI is InChI=1S/C14H14N4O5S/c1-21-9-3-5-11(12(7-9)22-2)16-14(24)17-15-8-10-4-6-13(23-10)18(19)20/h3-8H,1-2H3,(H2,16,17,24)/b15-8+. The highest BCUT2D eigenvalue weighted by molar-refractivity contribution is 7.80. The van der Waals surface area contributed by atoms with Crippen LogP contribution < -0.4 is 20.2 Å². The molecule has 126 valence electrons. The summed E-state index contributed by atoms with van der Waals surface area (Å²) in [6, 6.07) is 7.85. The first-order valence-electron chi connectivity index (χ1n) is 6.60. The van der Waals surface area contributed by atoms with Gasteiger partial charge in [0.15, 0.2) is 10.9 Å². The van der Waals surface area contributed by atoms with E-state index in [0.717, 1.165) is 0 Å². The second-order valence-corrected chi connectivity index (χ2v) is 4.73. The van der Waals surface area contributed by atoms with Gasteiger partial charge in [-0.25, -0.2) is 0 Å². The van der Waals surface area contributed by atoms with E-state index < -0.39 is 4.92 Å². The van der Waals surface area contributed by atoms with Gasteiger partial charge in [-0.15, -0.1) is 0 Å². The molecular weight excluding hydrogens is 336 g/mol. The molecule has 2 aromatic rings. The Morgan fingerprint density at radius 1 is 1.33 bits per heavy atom. The Morgan fingerprint density at radius 3 is 2.75 bits per heavy atom. The van der Waals surface area contributed by atoms with Crippen LogP contribution in [-0.4, -0.2) is 30.5 Å². The van der Waals surface area contributed by atoms with E-state index in [9.17, 15) is 10.1 Å². The molecule has 1 aromatic heterocycles. The van der Waals surface area contributed by atoms with E-state index in [1.54, 1.807) is 25.3 Å². The highest BCUT2D eigenvalue weighted by Gasteiger charge is 2.10. The lowest BCUT2D eigenvalue weighted by molar-refractivity contribution is -0.402. The number of nitrogens with zero attached hydrogens (tertiary/aromatic N) is 2. The van der Waals surface area contributed by atoms with Gasteiger partial charge in [0.25, 0.3) is 0 Å². The van der Waals surface area contributed by atoms with Crippen LogP contribution in [0, 0.1) is 10.1 Å². The van der Waals surface area contributed by atoms with Crippen molar-refractivity contribution in [1.82, 2.24) is 5.43 Å². The molecule has 2 rings (SSSR count). The fourth-order valence-electron chi connectivity index (χ4n) is 1.72. The van der Waals surface area contributed by atoms with E-state index >= 15 is 0 Å². The van der Waals surface area contributed by atoms with E-state index in [1.165, 1.54) is 25.5 Å². The van der Waals surface area contributed by atoms with Crippen molar-refractivity contribution >= 4 is 35.1 Å². The molecule has 10 heteroatoms. The number of rotatable bonds is 6. The molecule has 1 aromatic carbocycles. The number of nitrogens with one attached hydrogen (secondary N) is 2. The number of nitro groups is 1. The van der Waals surface area contributed by atoms with Gasteiger partial charge in [0, 0.05) is 6.07 Å². The number of anilines is 1. The fraction of sp³-hybridized carbons (Fsp3) is 0.143. The van der Waals surface area contributed by atoms with E-state index in [-0.39, 0.29) is 16.8 Å². The maximum Gasteiger partial charge on any atom is 0.433 e. The van der Waals surface area contributed by atoms with Gasteiger partial charge in [0.2, 0.25) is 0 Å². The van der Waals surface area contributed by atoms with Crippen molar-refractivity contribution in [3.05, 3.63) is 46.2 Å². The van der Waals surface area contributed by atoms with Crippen molar-refractivity contribution in [3.63, 3.8) is 0 Å². The number of methoxy groups -OCH3 is 2. The molecule has 2 N–H and O–H groups in total. The van der Waals surface area contributed by atoms with E-state index in [2.05, 4.69) is 15.8 Å². The fourth-order valence-corrected chi connectivity index (χ4v) is 1.88. The number of ether oxygens (including phenoxy) is 2. The topological polar surface area (TPSA) is 111 Å². The summed E-state index contributed by atoms with van der Waals surface area (Å²) in [4.78, 5) is 9.87. The van der Waals surface area contributed by atoms with Crippen molar-refractivity contribution in [2.24, 2.45) is 5.10 Å². The van der Waals surface area contributed by atoms with Crippen molar-refractivity contribution in [1.29, 1.82) is 0 Å². The summed E-state index contributed by atoms with van der Waals surface area (Å²) in [5, 5.41) is 17.5. The van der Waals surface area contributed by atoms with E-state index in [4.69, 9.17) is 26.1 Å². The average Bonchev–Trinajstić information content (AvgIpc) is 3.04. The third kappa shape index (κ3) is 4.43. The van der Waals surface area contributed by atoms with Gasteiger partial charge >= 0.3 is 5.88 Å². The van der Waals surface area contributed by atoms with Gasteiger partial charge in [-0.05, 0) is 30.4 Å². The molecule has 0 aliphatic heterocycles. The predicted octanol–water partition coefficient (Wildman–Crippen LogP) is 2.53. The third-order valence-electron chi connectivity index (χ3n) is 2.81. The molecule has 0 amide bonds. The monoisotopic (exact) mass is 350 g/mol. The average molecular weight is 350 g/mol. The molecule has 0 atom stereocenters. The Labute approximate surface area is 142 Å². The molecule has 0 spiro atoms. The highest BCUT2D eigenvalue weighted by atomic mass is 32.1. The van der Waals surface area contributed by atoms with Crippen LogP contribution in [0.4, 0.5) is 11.6 Å². The lowest BCUT2D eigenvalue weighted by Crippen LogP contribution is -2.24. The van der Waals surface area contributed by atoms with E-state index in [0.29, 0.717) is 17.2 Å². The minimum atomic E-state index is -0.632. The first kappa shape index (κ1) is 17.2. The second-order valence-electron chi connectivity index (χ2n) is 4.32. The molecule has 1 heterocycles. The smallest absolute Gasteiger partial charge is 0.433 e. The summed E-state index contributed by atoms with van der Waals surface area (Å²) >= 11 is 5.11. The van der Waals surface area contributed by atoms with E-state index in [1.807, 2.05) is 0 Å². The number of thiocarbonyl (C=S) groups is 1. The van der Waals surface area contributed by atoms with Crippen LogP contribution >= 0.6 is 12.2 Å². The van der Waals surface area contributed by atoms with Gasteiger partial charge in [-0.1, -0.05) is 0 Å². The van der Waals surface area contributed by atoms with Gasteiger partial charge in [0.05, 0.1) is 32.2 Å². The van der Waals surface area contributed by atoms with Crippen molar-refractivity contribution in [3.8, 4) is 11.5 Å². The first-order valence-corrected chi connectivity index (χ1v) is 7.00. The number of hydrogen-bond acceptors (Lipinski definition) is 7. The number of hydrogen-bond donors (Lipinski definition) is 2. The molecule has 0 saturated heterocycles. The van der Waals surface area contributed by atoms with Gasteiger partial charge < -0.3 is 19.2 Å². The van der Waals surface area contributed by atoms with Crippen LogP contribution in [0.2, 0.25) is 0 Å². The maximum absolute atomic E-state index is 10.5. The third-order valence-corrected chi connectivity index (χ3v) is 3.00. The Bertz CT molecular complexity index is 774. The molecule has 0 aliphatic carbocycles. The molecule has 0 bridgehead atoms. The molecule has 0 radical (unpaired) electrons. The summed E-state index contributed by atoms with van der Waals surface area (Å²) in [5.74, 6) is 1.05. The van der Waals surface area contributed by atoms with Gasteiger partial charge in [-0.2, -0.15) is 5.10 Å². The lowest BCUT2D eigenvalue weighted by atomic mass is 10.2. The molecule has 0 aliphatic rings. The first-order chi connectivity index (χ1) is 11.5. The normalized spacial score (nSPS) is 10.4. The largest absolute Gasteiger partial charge is 0.497 e. The molecule has 0 unspecified atom stereocenters. The summed E-state index contributed by atoms with van der Waals surface area (Å²) in [6.07, 6.45) is 1.27. The van der Waals surface area contributed by atoms with Crippen molar-refractivity contribution in [2.75, 3.05) is 19.5 Å². The number of furan rings is 1. The highest BCUT2D eigenvalue weighted by Crippen LogP contribution is 2.28. The predicted molar refractivity (Wildman–Crippen MR) is 91.9 cm³/mol. The number of benzene rings is 1. The Balaban J connectivity index is 1.95. The minimum Gasteiger partial charge on any atom is -0.497 e. The van der Waals surface area contributed by atoms with Crippen molar-refractivity contribution in [2.45, 2.75) is 0 Å². The maximum atomic E-state index is 10.5. The van der Waals surface area contributed by atoms with Crippen LogP contribution in [0.1, 0.15) is 5.76 Å².